The van der Waals surface area contributed by atoms with Gasteiger partial charge in [0.05, 0.1) is 0 Å². The van der Waals surface area contributed by atoms with Gasteiger partial charge in [-0.3, -0.25) is 0 Å². The van der Waals surface area contributed by atoms with E-state index in [9.17, 15) is 9.59 Å². The highest BCUT2D eigenvalue weighted by Crippen LogP contribution is 2.37. The summed E-state index contributed by atoms with van der Waals surface area (Å²) in [6.07, 6.45) is 6.63. The molecule has 0 heterocycles. The van der Waals surface area contributed by atoms with Gasteiger partial charge in [0.1, 0.15) is 5.60 Å². The van der Waals surface area contributed by atoms with Gasteiger partial charge in [0.2, 0.25) is 0 Å². The van der Waals surface area contributed by atoms with Gasteiger partial charge in [0, 0.05) is 5.57 Å². The average molecular weight is 282 g/mol. The smallest absolute Gasteiger partial charge is 0.344 e. The molecule has 1 aliphatic carbocycles. The Bertz CT molecular complexity index is 369. The Morgan fingerprint density at radius 3 is 2.35 bits per heavy atom. The highest BCUT2D eigenvalue weighted by molar-refractivity contribution is 5.88. The molecule has 0 amide bonds. The molecule has 0 aromatic rings. The van der Waals surface area contributed by atoms with Gasteiger partial charge in [0.25, 0.3) is 0 Å². The molecular weight excluding hydrogens is 256 g/mol. The lowest BCUT2D eigenvalue weighted by Crippen LogP contribution is -2.41. The lowest BCUT2D eigenvalue weighted by Gasteiger charge is -2.38. The van der Waals surface area contributed by atoms with Crippen molar-refractivity contribution < 1.29 is 19.1 Å². The normalized spacial score (nSPS) is 18.9. The van der Waals surface area contributed by atoms with Crippen molar-refractivity contribution in [1.29, 1.82) is 0 Å². The van der Waals surface area contributed by atoms with Gasteiger partial charge in [-0.1, -0.05) is 32.8 Å². The van der Waals surface area contributed by atoms with Crippen LogP contribution in [0.5, 0.6) is 0 Å². The van der Waals surface area contributed by atoms with Crippen LogP contribution < -0.4 is 0 Å². The van der Waals surface area contributed by atoms with E-state index in [0.717, 1.165) is 19.3 Å². The van der Waals surface area contributed by atoms with E-state index in [4.69, 9.17) is 9.47 Å². The first-order valence-electron chi connectivity index (χ1n) is 7.43. The maximum atomic E-state index is 11.9. The second-order valence-electron chi connectivity index (χ2n) is 5.83. The fourth-order valence-electron chi connectivity index (χ4n) is 2.69. The number of esters is 2. The van der Waals surface area contributed by atoms with E-state index in [1.807, 2.05) is 13.8 Å². The van der Waals surface area contributed by atoms with E-state index >= 15 is 0 Å². The van der Waals surface area contributed by atoms with Crippen LogP contribution in [0.3, 0.4) is 0 Å². The molecule has 0 aromatic carbocycles. The predicted octanol–water partition coefficient (Wildman–Crippen LogP) is 3.40. The van der Waals surface area contributed by atoms with Crippen molar-refractivity contribution in [3.63, 3.8) is 0 Å². The van der Waals surface area contributed by atoms with Crippen LogP contribution in [0, 0.1) is 5.92 Å². The summed E-state index contributed by atoms with van der Waals surface area (Å²) in [7, 11) is 0. The fourth-order valence-corrected chi connectivity index (χ4v) is 2.69. The topological polar surface area (TPSA) is 52.6 Å². The first kappa shape index (κ1) is 16.7. The molecule has 114 valence electrons. The third-order valence-electron chi connectivity index (χ3n) is 4.19. The van der Waals surface area contributed by atoms with E-state index in [2.05, 4.69) is 6.58 Å². The van der Waals surface area contributed by atoms with Crippen molar-refractivity contribution in [2.75, 3.05) is 6.61 Å². The molecule has 0 aromatic heterocycles. The van der Waals surface area contributed by atoms with Crippen LogP contribution in [0.2, 0.25) is 0 Å². The molecule has 0 N–H and O–H groups in total. The molecule has 1 unspecified atom stereocenters. The van der Waals surface area contributed by atoms with Crippen molar-refractivity contribution in [2.24, 2.45) is 5.92 Å². The minimum absolute atomic E-state index is 0.281. The fraction of sp³-hybridized carbons (Fsp3) is 0.750. The standard InChI is InChI=1S/C16H26O4/c1-5-16(4,13-9-7-6-8-10-13)20-14(17)11-19-15(18)12(2)3/h13H,2,5-11H2,1,3-4H3. The third-order valence-corrected chi connectivity index (χ3v) is 4.19. The zero-order valence-electron chi connectivity index (χ0n) is 12.9. The maximum absolute atomic E-state index is 11.9. The number of rotatable bonds is 6. The molecule has 20 heavy (non-hydrogen) atoms. The van der Waals surface area contributed by atoms with Crippen LogP contribution in [0.15, 0.2) is 12.2 Å². The van der Waals surface area contributed by atoms with Gasteiger partial charge in [-0.15, -0.1) is 0 Å². The van der Waals surface area contributed by atoms with Crippen molar-refractivity contribution in [1.82, 2.24) is 0 Å². The number of ether oxygens (including phenoxy) is 2. The molecule has 0 aliphatic heterocycles. The quantitative estimate of drug-likeness (QED) is 0.553. The van der Waals surface area contributed by atoms with Crippen molar-refractivity contribution in [3.05, 3.63) is 12.2 Å². The van der Waals surface area contributed by atoms with E-state index < -0.39 is 17.5 Å². The van der Waals surface area contributed by atoms with E-state index in [1.54, 1.807) is 6.92 Å². The molecule has 1 aliphatic rings. The summed E-state index contributed by atoms with van der Waals surface area (Å²) in [5, 5.41) is 0. The number of carbonyl (C=O) groups excluding carboxylic acids is 2. The third kappa shape index (κ3) is 4.66. The van der Waals surface area contributed by atoms with Gasteiger partial charge < -0.3 is 9.47 Å². The summed E-state index contributed by atoms with van der Waals surface area (Å²) in [5.74, 6) is -0.630. The minimum atomic E-state index is -0.558. The highest BCUT2D eigenvalue weighted by atomic mass is 16.6. The molecule has 4 heteroatoms. The minimum Gasteiger partial charge on any atom is -0.457 e. The Hall–Kier alpha value is -1.32. The van der Waals surface area contributed by atoms with Crippen LogP contribution in [-0.4, -0.2) is 24.1 Å². The largest absolute Gasteiger partial charge is 0.457 e. The number of carbonyl (C=O) groups is 2. The molecule has 1 atom stereocenters. The second-order valence-corrected chi connectivity index (χ2v) is 5.83. The Morgan fingerprint density at radius 1 is 1.25 bits per heavy atom. The van der Waals surface area contributed by atoms with Gasteiger partial charge in [0.15, 0.2) is 6.61 Å². The monoisotopic (exact) mass is 282 g/mol. The summed E-state index contributed by atoms with van der Waals surface area (Å²) < 4.78 is 10.4. The molecule has 1 rings (SSSR count). The van der Waals surface area contributed by atoms with Gasteiger partial charge in [-0.25, -0.2) is 9.59 Å². The van der Waals surface area contributed by atoms with Crippen molar-refractivity contribution in [2.45, 2.75) is 64.9 Å². The summed E-state index contributed by atoms with van der Waals surface area (Å²) >= 11 is 0. The zero-order chi connectivity index (χ0) is 15.2. The van der Waals surface area contributed by atoms with Crippen molar-refractivity contribution in [3.8, 4) is 0 Å². The Labute approximate surface area is 121 Å². The molecule has 1 fully saturated rings. The van der Waals surface area contributed by atoms with Gasteiger partial charge >= 0.3 is 11.9 Å². The molecule has 4 nitrogen and oxygen atoms in total. The Kier molecular flexibility index (Phi) is 6.24. The first-order valence-corrected chi connectivity index (χ1v) is 7.43. The lowest BCUT2D eigenvalue weighted by molar-refractivity contribution is -0.174. The van der Waals surface area contributed by atoms with Crippen LogP contribution in [0.4, 0.5) is 0 Å². The Morgan fingerprint density at radius 2 is 1.85 bits per heavy atom. The van der Waals surface area contributed by atoms with E-state index in [1.165, 1.54) is 19.3 Å². The molecule has 0 radical (unpaired) electrons. The SMILES string of the molecule is C=C(C)C(=O)OCC(=O)OC(C)(CC)C1CCCCC1. The number of hydrogen-bond donors (Lipinski definition) is 0. The molecule has 0 bridgehead atoms. The number of hydrogen-bond acceptors (Lipinski definition) is 4. The molecule has 0 saturated heterocycles. The van der Waals surface area contributed by atoms with Crippen LogP contribution in [0.25, 0.3) is 0 Å². The summed E-state index contributed by atoms with van der Waals surface area (Å²) in [6, 6.07) is 0. The molecule has 1 saturated carbocycles. The summed E-state index contributed by atoms with van der Waals surface area (Å²) in [6.45, 7) is 8.70. The van der Waals surface area contributed by atoms with Crippen LogP contribution >= 0.6 is 0 Å². The predicted molar refractivity (Wildman–Crippen MR) is 77.1 cm³/mol. The van der Waals surface area contributed by atoms with Gasteiger partial charge in [-0.2, -0.15) is 0 Å². The van der Waals surface area contributed by atoms with E-state index in [0.29, 0.717) is 5.92 Å². The lowest BCUT2D eigenvalue weighted by atomic mass is 9.76. The average Bonchev–Trinajstić information content (AvgIpc) is 2.45. The first-order chi connectivity index (χ1) is 9.39. The van der Waals surface area contributed by atoms with E-state index in [-0.39, 0.29) is 12.2 Å². The molecular formula is C16H26O4. The zero-order valence-corrected chi connectivity index (χ0v) is 12.9. The van der Waals surface area contributed by atoms with Gasteiger partial charge in [-0.05, 0) is 39.0 Å². The summed E-state index contributed by atoms with van der Waals surface area (Å²) in [5.41, 5.74) is -0.170. The van der Waals surface area contributed by atoms with Crippen molar-refractivity contribution >= 4 is 11.9 Å². The second kappa shape index (κ2) is 7.46. The highest BCUT2D eigenvalue weighted by Gasteiger charge is 2.37. The maximum Gasteiger partial charge on any atom is 0.344 e. The van der Waals surface area contributed by atoms with Crippen LogP contribution in [0.1, 0.15) is 59.3 Å². The summed E-state index contributed by atoms with van der Waals surface area (Å²) in [4.78, 5) is 23.1. The molecule has 0 spiro atoms. The van der Waals surface area contributed by atoms with Crippen LogP contribution in [-0.2, 0) is 19.1 Å². The Balaban J connectivity index is 2.51.